The van der Waals surface area contributed by atoms with Gasteiger partial charge in [-0.25, -0.2) is 0 Å². The summed E-state index contributed by atoms with van der Waals surface area (Å²) in [5.74, 6) is 0. The average molecular weight is 207 g/mol. The zero-order valence-electron chi connectivity index (χ0n) is 7.41. The van der Waals surface area contributed by atoms with Crippen molar-refractivity contribution in [2.75, 3.05) is 5.33 Å². The van der Waals surface area contributed by atoms with Gasteiger partial charge in [0.2, 0.25) is 0 Å². The summed E-state index contributed by atoms with van der Waals surface area (Å²) in [6, 6.07) is 0. The molecule has 0 bridgehead atoms. The largest absolute Gasteiger partial charge is 0.0928 e. The van der Waals surface area contributed by atoms with Crippen LogP contribution in [0.5, 0.6) is 0 Å². The second-order valence-corrected chi connectivity index (χ2v) is 3.79. The summed E-state index contributed by atoms with van der Waals surface area (Å²) in [6.45, 7) is 6.90. The highest BCUT2D eigenvalue weighted by Crippen LogP contribution is 2.34. The Morgan fingerprint density at radius 1 is 1.00 bits per heavy atom. The van der Waals surface area contributed by atoms with Crippen LogP contribution in [0.15, 0.2) is 0 Å². The Morgan fingerprint density at radius 3 is 1.50 bits per heavy atom. The smallest absolute Gasteiger partial charge is 0.00365 e. The highest BCUT2D eigenvalue weighted by atomic mass is 79.9. The molecule has 62 valence electrons. The predicted molar refractivity (Wildman–Crippen MR) is 51.7 cm³/mol. The Morgan fingerprint density at radius 2 is 1.40 bits per heavy atom. The summed E-state index contributed by atoms with van der Waals surface area (Å²) < 4.78 is 0. The van der Waals surface area contributed by atoms with Gasteiger partial charge in [0.25, 0.3) is 0 Å². The van der Waals surface area contributed by atoms with Crippen molar-refractivity contribution in [3.63, 3.8) is 0 Å². The Bertz CT molecular complexity index is 66.5. The molecule has 0 aromatic heterocycles. The van der Waals surface area contributed by atoms with E-state index >= 15 is 0 Å². The van der Waals surface area contributed by atoms with Crippen molar-refractivity contribution in [3.8, 4) is 0 Å². The molecule has 0 atom stereocenters. The van der Waals surface area contributed by atoms with E-state index in [1.807, 2.05) is 0 Å². The van der Waals surface area contributed by atoms with Gasteiger partial charge in [0.05, 0.1) is 0 Å². The molecular formula is C9H19Br. The molecule has 0 N–H and O–H groups in total. The van der Waals surface area contributed by atoms with E-state index in [1.54, 1.807) is 0 Å². The van der Waals surface area contributed by atoms with Gasteiger partial charge in [-0.2, -0.15) is 0 Å². The van der Waals surface area contributed by atoms with Gasteiger partial charge in [0.1, 0.15) is 0 Å². The normalized spacial score (nSPS) is 12.0. The summed E-state index contributed by atoms with van der Waals surface area (Å²) in [6.07, 6.45) is 5.30. The van der Waals surface area contributed by atoms with Crippen molar-refractivity contribution in [2.45, 2.75) is 46.5 Å². The molecule has 0 saturated carbocycles. The average Bonchev–Trinajstić information content (AvgIpc) is 2.01. The third-order valence-electron chi connectivity index (χ3n) is 2.87. The minimum Gasteiger partial charge on any atom is -0.0928 e. The van der Waals surface area contributed by atoms with Crippen LogP contribution in [-0.2, 0) is 0 Å². The molecule has 0 saturated heterocycles. The zero-order valence-corrected chi connectivity index (χ0v) is 9.00. The Kier molecular flexibility index (Phi) is 5.42. The molecular weight excluding hydrogens is 188 g/mol. The standard InChI is InChI=1S/C9H19Br/c1-4-9(5-2,6-3)7-8-10/h4-8H2,1-3H3. The molecule has 10 heavy (non-hydrogen) atoms. The van der Waals surface area contributed by atoms with Crippen LogP contribution >= 0.6 is 15.9 Å². The van der Waals surface area contributed by atoms with Crippen LogP contribution in [-0.4, -0.2) is 5.33 Å². The zero-order chi connectivity index (χ0) is 8.04. The highest BCUT2D eigenvalue weighted by Gasteiger charge is 2.22. The van der Waals surface area contributed by atoms with Crippen molar-refractivity contribution in [3.05, 3.63) is 0 Å². The van der Waals surface area contributed by atoms with Crippen LogP contribution in [0.25, 0.3) is 0 Å². The molecule has 0 amide bonds. The fraction of sp³-hybridized carbons (Fsp3) is 1.00. The minimum absolute atomic E-state index is 0.628. The summed E-state index contributed by atoms with van der Waals surface area (Å²) in [7, 11) is 0. The number of halogens is 1. The monoisotopic (exact) mass is 206 g/mol. The van der Waals surface area contributed by atoms with Crippen LogP contribution in [0.4, 0.5) is 0 Å². The van der Waals surface area contributed by atoms with Crippen molar-refractivity contribution < 1.29 is 0 Å². The second kappa shape index (κ2) is 5.17. The molecule has 0 rings (SSSR count). The third kappa shape index (κ3) is 2.61. The lowest BCUT2D eigenvalue weighted by Crippen LogP contribution is -2.17. The van der Waals surface area contributed by atoms with Gasteiger partial charge in [0.15, 0.2) is 0 Å². The van der Waals surface area contributed by atoms with Crippen molar-refractivity contribution in [2.24, 2.45) is 5.41 Å². The maximum atomic E-state index is 3.51. The maximum Gasteiger partial charge on any atom is 0.00365 e. The lowest BCUT2D eigenvalue weighted by atomic mass is 9.78. The summed E-state index contributed by atoms with van der Waals surface area (Å²) in [5.41, 5.74) is 0.628. The van der Waals surface area contributed by atoms with Gasteiger partial charge in [0, 0.05) is 5.33 Å². The molecule has 0 radical (unpaired) electrons. The van der Waals surface area contributed by atoms with E-state index < -0.39 is 0 Å². The van der Waals surface area contributed by atoms with Gasteiger partial charge < -0.3 is 0 Å². The number of rotatable bonds is 5. The molecule has 0 aliphatic heterocycles. The van der Waals surface area contributed by atoms with Crippen LogP contribution in [0.1, 0.15) is 46.5 Å². The quantitative estimate of drug-likeness (QED) is 0.598. The maximum absolute atomic E-state index is 3.51. The topological polar surface area (TPSA) is 0 Å². The van der Waals surface area contributed by atoms with Gasteiger partial charge >= 0.3 is 0 Å². The highest BCUT2D eigenvalue weighted by molar-refractivity contribution is 9.09. The van der Waals surface area contributed by atoms with Crippen LogP contribution < -0.4 is 0 Å². The first-order valence-electron chi connectivity index (χ1n) is 4.30. The first-order chi connectivity index (χ1) is 4.74. The molecule has 0 aliphatic carbocycles. The van der Waals surface area contributed by atoms with E-state index in [0.717, 1.165) is 5.33 Å². The molecule has 0 fully saturated rings. The first-order valence-corrected chi connectivity index (χ1v) is 5.42. The molecule has 0 spiro atoms. The van der Waals surface area contributed by atoms with Crippen molar-refractivity contribution >= 4 is 15.9 Å². The first kappa shape index (κ1) is 10.5. The molecule has 0 aromatic carbocycles. The molecule has 0 unspecified atom stereocenters. The predicted octanol–water partition coefficient (Wildman–Crippen LogP) is 3.99. The summed E-state index contributed by atoms with van der Waals surface area (Å²) >= 11 is 3.51. The fourth-order valence-corrected chi connectivity index (χ4v) is 2.32. The lowest BCUT2D eigenvalue weighted by molar-refractivity contribution is 0.243. The Labute approximate surface area is 73.5 Å². The lowest BCUT2D eigenvalue weighted by Gasteiger charge is -2.29. The molecule has 0 aromatic rings. The minimum atomic E-state index is 0.628. The van der Waals surface area contributed by atoms with Crippen LogP contribution in [0.2, 0.25) is 0 Å². The van der Waals surface area contributed by atoms with Crippen molar-refractivity contribution in [1.82, 2.24) is 0 Å². The molecule has 0 aliphatic rings. The number of hydrogen-bond donors (Lipinski definition) is 0. The molecule has 0 nitrogen and oxygen atoms in total. The van der Waals surface area contributed by atoms with Crippen LogP contribution in [0.3, 0.4) is 0 Å². The van der Waals surface area contributed by atoms with E-state index in [4.69, 9.17) is 0 Å². The van der Waals surface area contributed by atoms with Crippen LogP contribution in [0, 0.1) is 5.41 Å². The van der Waals surface area contributed by atoms with Gasteiger partial charge in [-0.15, -0.1) is 0 Å². The van der Waals surface area contributed by atoms with E-state index in [2.05, 4.69) is 36.7 Å². The SMILES string of the molecule is CCC(CC)(CC)CCBr. The number of hydrogen-bond acceptors (Lipinski definition) is 0. The van der Waals surface area contributed by atoms with E-state index in [9.17, 15) is 0 Å². The Hall–Kier alpha value is 0.480. The molecule has 0 heterocycles. The fourth-order valence-electron chi connectivity index (χ4n) is 1.48. The summed E-state index contributed by atoms with van der Waals surface area (Å²) in [5, 5.41) is 1.16. The van der Waals surface area contributed by atoms with E-state index in [0.29, 0.717) is 5.41 Å². The third-order valence-corrected chi connectivity index (χ3v) is 3.27. The van der Waals surface area contributed by atoms with E-state index in [-0.39, 0.29) is 0 Å². The van der Waals surface area contributed by atoms with Crippen molar-refractivity contribution in [1.29, 1.82) is 0 Å². The second-order valence-electron chi connectivity index (χ2n) is 3.00. The number of alkyl halides is 1. The molecule has 1 heteroatoms. The van der Waals surface area contributed by atoms with E-state index in [1.165, 1.54) is 25.7 Å². The Balaban J connectivity index is 3.87. The van der Waals surface area contributed by atoms with Gasteiger partial charge in [-0.05, 0) is 11.8 Å². The van der Waals surface area contributed by atoms with Gasteiger partial charge in [-0.1, -0.05) is 56.0 Å². The van der Waals surface area contributed by atoms with Gasteiger partial charge in [-0.3, -0.25) is 0 Å². The summed E-state index contributed by atoms with van der Waals surface area (Å²) in [4.78, 5) is 0.